The fourth-order valence-electron chi connectivity index (χ4n) is 7.09. The van der Waals surface area contributed by atoms with E-state index in [9.17, 15) is 0 Å². The highest BCUT2D eigenvalue weighted by atomic mass is 79.9. The van der Waals surface area contributed by atoms with E-state index in [0.717, 1.165) is 11.0 Å². The third kappa shape index (κ3) is 3.57. The molecule has 0 radical (unpaired) electrons. The maximum absolute atomic E-state index is 3.82. The van der Waals surface area contributed by atoms with Gasteiger partial charge in [0, 0.05) is 28.1 Å². The summed E-state index contributed by atoms with van der Waals surface area (Å²) < 4.78 is 1.13. The fraction of sp³-hybridized carbons (Fsp3) is 0.0769. The molecule has 0 fully saturated rings. The predicted molar refractivity (Wildman–Crippen MR) is 178 cm³/mol. The summed E-state index contributed by atoms with van der Waals surface area (Å²) in [4.78, 5) is 4.93. The first-order valence-electron chi connectivity index (χ1n) is 14.4. The first kappa shape index (κ1) is 25.1. The zero-order chi connectivity index (χ0) is 28.3. The van der Waals surface area contributed by atoms with Crippen molar-refractivity contribution in [2.45, 2.75) is 18.9 Å². The normalized spacial score (nSPS) is 14.1. The van der Waals surface area contributed by atoms with E-state index in [2.05, 4.69) is 178 Å². The highest BCUT2D eigenvalue weighted by Crippen LogP contribution is 2.63. The number of halogens is 1. The van der Waals surface area contributed by atoms with Crippen LogP contribution < -0.4 is 9.80 Å². The minimum atomic E-state index is -0.480. The van der Waals surface area contributed by atoms with E-state index in [0.29, 0.717) is 0 Å². The van der Waals surface area contributed by atoms with Crippen molar-refractivity contribution >= 4 is 44.4 Å². The van der Waals surface area contributed by atoms with Crippen molar-refractivity contribution < 1.29 is 0 Å². The molecule has 6 aromatic carbocycles. The molecule has 6 aromatic rings. The number of aryl methyl sites for hydroxylation is 1. The maximum Gasteiger partial charge on any atom is 0.0782 e. The molecular weight excluding hydrogens is 576 g/mol. The van der Waals surface area contributed by atoms with Gasteiger partial charge in [0.2, 0.25) is 0 Å². The summed E-state index contributed by atoms with van der Waals surface area (Å²) in [6.45, 7) is 2.91. The molecule has 0 saturated carbocycles. The summed E-state index contributed by atoms with van der Waals surface area (Å²) in [7, 11) is 0. The average molecular weight is 606 g/mol. The SMILES string of the molecule is Cc1ccc(N2c3ccccc3C3(c4ccccc4N(Cc4ccccc4Br)c4ccccc43)c3ccccc32)cc1. The second kappa shape index (κ2) is 9.75. The Kier molecular flexibility index (Phi) is 5.84. The standard InChI is InChI=1S/C39H29BrN2/c1-27-22-24-29(25-23-27)42-37-20-10-5-15-32(37)39(33-16-6-11-21-38(33)42)30-13-3-8-18-35(30)41(36-19-9-4-14-31(36)39)26-28-12-2-7-17-34(28)40/h2-25H,26H2,1H3. The summed E-state index contributed by atoms with van der Waals surface area (Å²) in [6.07, 6.45) is 0. The Morgan fingerprint density at radius 2 is 0.929 bits per heavy atom. The van der Waals surface area contributed by atoms with Crippen LogP contribution in [0, 0.1) is 6.92 Å². The van der Waals surface area contributed by atoms with Gasteiger partial charge >= 0.3 is 0 Å². The predicted octanol–water partition coefficient (Wildman–Crippen LogP) is 10.6. The molecule has 2 heterocycles. The molecule has 0 aliphatic carbocycles. The van der Waals surface area contributed by atoms with Crippen LogP contribution in [0.1, 0.15) is 33.4 Å². The van der Waals surface area contributed by atoms with E-state index >= 15 is 0 Å². The number of hydrogen-bond donors (Lipinski definition) is 0. The van der Waals surface area contributed by atoms with E-state index in [4.69, 9.17) is 0 Å². The van der Waals surface area contributed by atoms with Crippen molar-refractivity contribution in [2.24, 2.45) is 0 Å². The molecule has 0 aromatic heterocycles. The van der Waals surface area contributed by atoms with Gasteiger partial charge in [-0.15, -0.1) is 0 Å². The van der Waals surface area contributed by atoms with E-state index in [1.54, 1.807) is 0 Å². The first-order valence-corrected chi connectivity index (χ1v) is 15.2. The molecule has 0 amide bonds. The Morgan fingerprint density at radius 1 is 0.500 bits per heavy atom. The molecule has 2 aliphatic heterocycles. The molecule has 202 valence electrons. The molecule has 2 aliphatic rings. The van der Waals surface area contributed by atoms with Gasteiger partial charge < -0.3 is 9.80 Å². The van der Waals surface area contributed by atoms with Crippen LogP contribution in [0.5, 0.6) is 0 Å². The molecular formula is C39H29BrN2. The van der Waals surface area contributed by atoms with Crippen LogP contribution in [0.15, 0.2) is 150 Å². The van der Waals surface area contributed by atoms with Crippen molar-refractivity contribution in [1.29, 1.82) is 0 Å². The lowest BCUT2D eigenvalue weighted by Crippen LogP contribution is -2.42. The lowest BCUT2D eigenvalue weighted by molar-refractivity contribution is 0.705. The topological polar surface area (TPSA) is 6.48 Å². The van der Waals surface area contributed by atoms with Gasteiger partial charge in [-0.05, 0) is 77.2 Å². The van der Waals surface area contributed by atoms with Gasteiger partial charge in [-0.25, -0.2) is 0 Å². The molecule has 8 rings (SSSR count). The molecule has 1 spiro atoms. The van der Waals surface area contributed by atoms with Gasteiger partial charge in [-0.3, -0.25) is 0 Å². The van der Waals surface area contributed by atoms with Crippen LogP contribution in [0.25, 0.3) is 0 Å². The third-order valence-corrected chi connectivity index (χ3v) is 9.65. The lowest BCUT2D eigenvalue weighted by atomic mass is 9.60. The number of fused-ring (bicyclic) bond motifs is 8. The Hall–Kier alpha value is -4.60. The number of hydrogen-bond acceptors (Lipinski definition) is 2. The minimum Gasteiger partial charge on any atom is -0.336 e. The Bertz CT molecular complexity index is 1860. The molecule has 2 nitrogen and oxygen atoms in total. The Labute approximate surface area is 255 Å². The van der Waals surface area contributed by atoms with Crippen LogP contribution in [-0.4, -0.2) is 0 Å². The first-order chi connectivity index (χ1) is 20.7. The summed E-state index contributed by atoms with van der Waals surface area (Å²) in [6, 6.07) is 53.4. The van der Waals surface area contributed by atoms with Gasteiger partial charge in [0.05, 0.1) is 16.8 Å². The Balaban J connectivity index is 1.46. The highest BCUT2D eigenvalue weighted by Gasteiger charge is 2.51. The van der Waals surface area contributed by atoms with Gasteiger partial charge in [-0.2, -0.15) is 0 Å². The summed E-state index contributed by atoms with van der Waals surface area (Å²) >= 11 is 3.82. The third-order valence-electron chi connectivity index (χ3n) is 8.87. The maximum atomic E-state index is 3.82. The van der Waals surface area contributed by atoms with Crippen molar-refractivity contribution in [1.82, 2.24) is 0 Å². The monoisotopic (exact) mass is 604 g/mol. The lowest BCUT2D eigenvalue weighted by Gasteiger charge is -2.51. The van der Waals surface area contributed by atoms with Crippen LogP contribution in [0.4, 0.5) is 28.4 Å². The quantitative estimate of drug-likeness (QED) is 0.198. The largest absolute Gasteiger partial charge is 0.336 e. The van der Waals surface area contributed by atoms with Crippen LogP contribution in [0.2, 0.25) is 0 Å². The molecule has 0 unspecified atom stereocenters. The molecule has 0 bridgehead atoms. The van der Waals surface area contributed by atoms with Gasteiger partial charge in [0.25, 0.3) is 0 Å². The van der Waals surface area contributed by atoms with E-state index < -0.39 is 5.41 Å². The molecule has 42 heavy (non-hydrogen) atoms. The molecule has 0 saturated heterocycles. The minimum absolute atomic E-state index is 0.480. The van der Waals surface area contributed by atoms with Crippen molar-refractivity contribution in [3.05, 3.63) is 183 Å². The number of anilines is 5. The number of benzene rings is 6. The molecule has 0 N–H and O–H groups in total. The zero-order valence-electron chi connectivity index (χ0n) is 23.3. The summed E-state index contributed by atoms with van der Waals surface area (Å²) in [5.41, 5.74) is 13.3. The van der Waals surface area contributed by atoms with Gasteiger partial charge in [0.1, 0.15) is 0 Å². The van der Waals surface area contributed by atoms with Crippen LogP contribution in [0.3, 0.4) is 0 Å². The molecule has 0 atom stereocenters. The Morgan fingerprint density at radius 3 is 1.45 bits per heavy atom. The number of nitrogens with zero attached hydrogens (tertiary/aromatic N) is 2. The van der Waals surface area contributed by atoms with Gasteiger partial charge in [-0.1, -0.05) is 125 Å². The van der Waals surface area contributed by atoms with Crippen LogP contribution in [-0.2, 0) is 12.0 Å². The summed E-state index contributed by atoms with van der Waals surface area (Å²) in [5, 5.41) is 0. The second-order valence-corrected chi connectivity index (χ2v) is 12.0. The average Bonchev–Trinajstić information content (AvgIpc) is 3.04. The van der Waals surface area contributed by atoms with Crippen molar-refractivity contribution in [2.75, 3.05) is 9.80 Å². The number of para-hydroxylation sites is 4. The van der Waals surface area contributed by atoms with E-state index in [1.165, 1.54) is 61.8 Å². The molecule has 3 heteroatoms. The van der Waals surface area contributed by atoms with Crippen LogP contribution >= 0.6 is 15.9 Å². The van der Waals surface area contributed by atoms with E-state index in [1.807, 2.05) is 0 Å². The smallest absolute Gasteiger partial charge is 0.0782 e. The van der Waals surface area contributed by atoms with Crippen molar-refractivity contribution in [3.8, 4) is 0 Å². The fourth-order valence-corrected chi connectivity index (χ4v) is 7.50. The number of rotatable bonds is 3. The highest BCUT2D eigenvalue weighted by molar-refractivity contribution is 9.10. The summed E-state index contributed by atoms with van der Waals surface area (Å²) in [5.74, 6) is 0. The van der Waals surface area contributed by atoms with E-state index in [-0.39, 0.29) is 0 Å². The second-order valence-electron chi connectivity index (χ2n) is 11.2. The zero-order valence-corrected chi connectivity index (χ0v) is 24.9. The van der Waals surface area contributed by atoms with Gasteiger partial charge in [0.15, 0.2) is 0 Å². The van der Waals surface area contributed by atoms with Crippen molar-refractivity contribution in [3.63, 3.8) is 0 Å².